The Hall–Kier alpha value is -1.35. The molecule has 0 spiro atoms. The van der Waals surface area contributed by atoms with Crippen molar-refractivity contribution in [3.63, 3.8) is 0 Å². The number of aliphatic carboxylic acids is 1. The average molecular weight is 276 g/mol. The molecule has 0 bridgehead atoms. The summed E-state index contributed by atoms with van der Waals surface area (Å²) < 4.78 is 1.23. The summed E-state index contributed by atoms with van der Waals surface area (Å²) in [4.78, 5) is 11.4. The van der Waals surface area contributed by atoms with Crippen molar-refractivity contribution < 1.29 is 9.90 Å². The smallest absolute Gasteiger partial charge is 0.306 e. The molecule has 0 aliphatic heterocycles. The molecule has 1 aromatic heterocycles. The molecule has 2 nitrogen and oxygen atoms in total. The molecule has 2 rings (SSSR count). The van der Waals surface area contributed by atoms with Crippen molar-refractivity contribution in [2.24, 2.45) is 11.3 Å². The summed E-state index contributed by atoms with van der Waals surface area (Å²) in [6.07, 6.45) is 1.32. The maximum atomic E-state index is 11.4. The second-order valence-corrected chi connectivity index (χ2v) is 7.17. The van der Waals surface area contributed by atoms with E-state index >= 15 is 0 Å². The van der Waals surface area contributed by atoms with E-state index in [0.29, 0.717) is 12.8 Å². The van der Waals surface area contributed by atoms with Gasteiger partial charge in [0.05, 0.1) is 5.92 Å². The van der Waals surface area contributed by atoms with Crippen LogP contribution < -0.4 is 0 Å². The molecular weight excluding hydrogens is 256 g/mol. The van der Waals surface area contributed by atoms with Gasteiger partial charge >= 0.3 is 5.97 Å². The second-order valence-electron chi connectivity index (χ2n) is 6.26. The minimum Gasteiger partial charge on any atom is -0.481 e. The molecule has 0 amide bonds. The van der Waals surface area contributed by atoms with Gasteiger partial charge in [-0.15, -0.1) is 11.3 Å². The predicted molar refractivity (Wildman–Crippen MR) is 80.7 cm³/mol. The van der Waals surface area contributed by atoms with E-state index in [1.807, 2.05) is 12.1 Å². The van der Waals surface area contributed by atoms with Gasteiger partial charge in [0, 0.05) is 4.70 Å². The van der Waals surface area contributed by atoms with Gasteiger partial charge in [-0.2, -0.15) is 0 Å². The first kappa shape index (κ1) is 14.1. The Morgan fingerprint density at radius 3 is 2.63 bits per heavy atom. The van der Waals surface area contributed by atoms with E-state index in [1.54, 1.807) is 11.3 Å². The molecular formula is C16H20O2S. The number of carboxylic acid groups (broad SMARTS) is 1. The highest BCUT2D eigenvalue weighted by atomic mass is 32.1. The standard InChI is InChI=1S/C16H20O2S/c1-16(2,3)9-11(15(17)18)8-12-10-19-14-7-5-4-6-13(12)14/h4-7,10-11H,8-9H2,1-3H3,(H,17,18)/t11-/m1/s1. The third kappa shape index (κ3) is 3.57. The second kappa shape index (κ2) is 5.33. The normalized spacial score (nSPS) is 13.6. The Morgan fingerprint density at radius 2 is 2.00 bits per heavy atom. The van der Waals surface area contributed by atoms with Crippen LogP contribution >= 0.6 is 11.3 Å². The number of carboxylic acids is 1. The topological polar surface area (TPSA) is 37.3 Å². The highest BCUT2D eigenvalue weighted by molar-refractivity contribution is 7.17. The number of hydrogen-bond donors (Lipinski definition) is 1. The van der Waals surface area contributed by atoms with Crippen molar-refractivity contribution in [3.05, 3.63) is 35.2 Å². The van der Waals surface area contributed by atoms with E-state index in [-0.39, 0.29) is 11.3 Å². The Bertz CT molecular complexity index is 578. The quantitative estimate of drug-likeness (QED) is 0.887. The fraction of sp³-hybridized carbons (Fsp3) is 0.438. The van der Waals surface area contributed by atoms with Gasteiger partial charge in [0.1, 0.15) is 0 Å². The molecule has 1 atom stereocenters. The van der Waals surface area contributed by atoms with Gasteiger partial charge < -0.3 is 5.11 Å². The predicted octanol–water partition coefficient (Wildman–Crippen LogP) is 4.58. The Kier molecular flexibility index (Phi) is 3.95. The van der Waals surface area contributed by atoms with E-state index in [2.05, 4.69) is 38.3 Å². The van der Waals surface area contributed by atoms with Crippen molar-refractivity contribution in [2.45, 2.75) is 33.6 Å². The van der Waals surface area contributed by atoms with Crippen LogP contribution in [-0.4, -0.2) is 11.1 Å². The number of benzene rings is 1. The van der Waals surface area contributed by atoms with Gasteiger partial charge in [-0.1, -0.05) is 39.0 Å². The molecule has 3 heteroatoms. The van der Waals surface area contributed by atoms with Crippen molar-refractivity contribution in [3.8, 4) is 0 Å². The zero-order valence-electron chi connectivity index (χ0n) is 11.6. The Morgan fingerprint density at radius 1 is 1.32 bits per heavy atom. The summed E-state index contributed by atoms with van der Waals surface area (Å²) in [7, 11) is 0. The fourth-order valence-corrected chi connectivity index (χ4v) is 3.42. The van der Waals surface area contributed by atoms with Crippen LogP contribution in [0.15, 0.2) is 29.6 Å². The molecule has 0 fully saturated rings. The van der Waals surface area contributed by atoms with Gasteiger partial charge in [-0.25, -0.2) is 0 Å². The molecule has 19 heavy (non-hydrogen) atoms. The lowest BCUT2D eigenvalue weighted by Crippen LogP contribution is -2.22. The molecule has 1 aromatic carbocycles. The SMILES string of the molecule is CC(C)(C)C[C@@H](Cc1csc2ccccc12)C(=O)O. The Balaban J connectivity index is 2.24. The first-order chi connectivity index (χ1) is 8.87. The monoisotopic (exact) mass is 276 g/mol. The number of thiophene rings is 1. The highest BCUT2D eigenvalue weighted by Crippen LogP contribution is 2.31. The number of hydrogen-bond acceptors (Lipinski definition) is 2. The average Bonchev–Trinajstić information content (AvgIpc) is 2.70. The van der Waals surface area contributed by atoms with Crippen molar-refractivity contribution in [1.82, 2.24) is 0 Å². The summed E-state index contributed by atoms with van der Waals surface area (Å²) in [6.45, 7) is 6.28. The lowest BCUT2D eigenvalue weighted by molar-refractivity contribution is -0.142. The summed E-state index contributed by atoms with van der Waals surface area (Å²) >= 11 is 1.69. The van der Waals surface area contributed by atoms with E-state index in [4.69, 9.17) is 0 Å². The molecule has 0 aliphatic rings. The van der Waals surface area contributed by atoms with E-state index in [1.165, 1.54) is 10.1 Å². The number of rotatable bonds is 4. The molecule has 0 radical (unpaired) electrons. The molecule has 1 N–H and O–H groups in total. The van der Waals surface area contributed by atoms with Crippen LogP contribution in [-0.2, 0) is 11.2 Å². The van der Waals surface area contributed by atoms with Gasteiger partial charge in [-0.05, 0) is 40.7 Å². The number of carbonyl (C=O) groups is 1. The number of fused-ring (bicyclic) bond motifs is 1. The lowest BCUT2D eigenvalue weighted by atomic mass is 9.82. The van der Waals surface area contributed by atoms with Crippen LogP contribution in [0.5, 0.6) is 0 Å². The zero-order valence-corrected chi connectivity index (χ0v) is 12.5. The zero-order chi connectivity index (χ0) is 14.0. The summed E-state index contributed by atoms with van der Waals surface area (Å²) in [5, 5.41) is 12.7. The molecule has 2 aromatic rings. The van der Waals surface area contributed by atoms with E-state index in [0.717, 1.165) is 5.56 Å². The molecule has 1 heterocycles. The maximum Gasteiger partial charge on any atom is 0.306 e. The third-order valence-corrected chi connectivity index (χ3v) is 4.25. The van der Waals surface area contributed by atoms with Crippen LogP contribution in [0, 0.1) is 11.3 Å². The minimum atomic E-state index is -0.690. The van der Waals surface area contributed by atoms with E-state index in [9.17, 15) is 9.90 Å². The van der Waals surface area contributed by atoms with Crippen LogP contribution in [0.3, 0.4) is 0 Å². The van der Waals surface area contributed by atoms with Crippen LogP contribution in [0.1, 0.15) is 32.8 Å². The molecule has 0 unspecified atom stereocenters. The van der Waals surface area contributed by atoms with Crippen molar-refractivity contribution >= 4 is 27.4 Å². The van der Waals surface area contributed by atoms with Crippen LogP contribution in [0.4, 0.5) is 0 Å². The van der Waals surface area contributed by atoms with Gasteiger partial charge in [0.25, 0.3) is 0 Å². The van der Waals surface area contributed by atoms with Crippen molar-refractivity contribution in [2.75, 3.05) is 0 Å². The lowest BCUT2D eigenvalue weighted by Gasteiger charge is -2.23. The summed E-state index contributed by atoms with van der Waals surface area (Å²) in [6, 6.07) is 8.20. The van der Waals surface area contributed by atoms with Crippen molar-refractivity contribution in [1.29, 1.82) is 0 Å². The van der Waals surface area contributed by atoms with Crippen LogP contribution in [0.25, 0.3) is 10.1 Å². The van der Waals surface area contributed by atoms with E-state index < -0.39 is 5.97 Å². The molecule has 102 valence electrons. The fourth-order valence-electron chi connectivity index (χ4n) is 2.44. The summed E-state index contributed by atoms with van der Waals surface area (Å²) in [5.41, 5.74) is 1.20. The van der Waals surface area contributed by atoms with Gasteiger partial charge in [-0.3, -0.25) is 4.79 Å². The third-order valence-electron chi connectivity index (χ3n) is 3.24. The largest absolute Gasteiger partial charge is 0.481 e. The minimum absolute atomic E-state index is 0.0366. The highest BCUT2D eigenvalue weighted by Gasteiger charge is 2.25. The molecule has 0 aliphatic carbocycles. The summed E-state index contributed by atoms with van der Waals surface area (Å²) in [5.74, 6) is -0.997. The maximum absolute atomic E-state index is 11.4. The first-order valence-corrected chi connectivity index (χ1v) is 7.43. The Labute approximate surface area is 118 Å². The molecule has 0 saturated carbocycles. The van der Waals surface area contributed by atoms with Crippen LogP contribution in [0.2, 0.25) is 0 Å². The van der Waals surface area contributed by atoms with Gasteiger partial charge in [0.15, 0.2) is 0 Å². The van der Waals surface area contributed by atoms with Gasteiger partial charge in [0.2, 0.25) is 0 Å². The first-order valence-electron chi connectivity index (χ1n) is 6.55. The molecule has 0 saturated heterocycles.